The van der Waals surface area contributed by atoms with E-state index in [0.29, 0.717) is 0 Å². The molecule has 0 aliphatic rings. The molecule has 0 saturated carbocycles. The average molecular weight is 335 g/mol. The molecule has 1 aromatic carbocycles. The van der Waals surface area contributed by atoms with Crippen LogP contribution in [-0.4, -0.2) is 11.5 Å². The molecule has 0 aliphatic heterocycles. The molecule has 0 nitrogen and oxygen atoms in total. The number of rotatable bonds is 12. The fraction of sp³-hybridized carbons (Fsp3) is 0.619. The maximum atomic E-state index is 12.7. The first kappa shape index (κ1) is 20.1. The molecule has 0 N–H and O–H groups in total. The minimum atomic E-state index is -0.199. The van der Waals surface area contributed by atoms with Gasteiger partial charge in [-0.3, -0.25) is 0 Å². The molecular formula is C21H31FS. The molecule has 23 heavy (non-hydrogen) atoms. The first-order chi connectivity index (χ1) is 11.3. The van der Waals surface area contributed by atoms with Gasteiger partial charge in [-0.1, -0.05) is 63.7 Å². The Morgan fingerprint density at radius 1 is 0.826 bits per heavy atom. The molecule has 128 valence electrons. The minimum Gasteiger partial charge on any atom is -0.207 e. The lowest BCUT2D eigenvalue weighted by Crippen LogP contribution is -1.84. The number of thioether (sulfide) groups is 1. The second-order valence-electron chi connectivity index (χ2n) is 5.94. The Bertz CT molecular complexity index is 441. The van der Waals surface area contributed by atoms with Crippen molar-refractivity contribution in [3.8, 4) is 11.8 Å². The highest BCUT2D eigenvalue weighted by molar-refractivity contribution is 7.99. The molecule has 0 aromatic heterocycles. The van der Waals surface area contributed by atoms with Crippen LogP contribution in [0.5, 0.6) is 0 Å². The van der Waals surface area contributed by atoms with Gasteiger partial charge >= 0.3 is 0 Å². The van der Waals surface area contributed by atoms with E-state index in [4.69, 9.17) is 0 Å². The Morgan fingerprint density at radius 2 is 1.39 bits per heavy atom. The van der Waals surface area contributed by atoms with Crippen LogP contribution < -0.4 is 0 Å². The lowest BCUT2D eigenvalue weighted by Gasteiger charge is -2.01. The van der Waals surface area contributed by atoms with Crippen LogP contribution >= 0.6 is 11.8 Å². The van der Waals surface area contributed by atoms with E-state index < -0.39 is 0 Å². The number of benzene rings is 1. The molecule has 2 heteroatoms. The normalized spacial score (nSPS) is 10.3. The molecule has 0 atom stereocenters. The van der Waals surface area contributed by atoms with Gasteiger partial charge in [-0.2, -0.15) is 11.8 Å². The SMILES string of the molecule is CCSCCCCCCCCCCCC#Cc1ccc(F)cc1. The predicted molar refractivity (Wildman–Crippen MR) is 102 cm³/mol. The Morgan fingerprint density at radius 3 is 2.00 bits per heavy atom. The van der Waals surface area contributed by atoms with Crippen LogP contribution in [0.25, 0.3) is 0 Å². The third-order valence-electron chi connectivity index (χ3n) is 3.87. The summed E-state index contributed by atoms with van der Waals surface area (Å²) >= 11 is 2.06. The standard InChI is InChI=1S/C21H31FS/c1-2-23-19-13-11-9-7-5-3-4-6-8-10-12-14-20-15-17-21(22)18-16-20/h15-18H,2-11,13,19H2,1H3. The topological polar surface area (TPSA) is 0 Å². The highest BCUT2D eigenvalue weighted by Crippen LogP contribution is 2.12. The zero-order valence-corrected chi connectivity index (χ0v) is 15.4. The van der Waals surface area contributed by atoms with Gasteiger partial charge in [-0.15, -0.1) is 0 Å². The maximum Gasteiger partial charge on any atom is 0.123 e. The van der Waals surface area contributed by atoms with Crippen molar-refractivity contribution in [1.29, 1.82) is 0 Å². The largest absolute Gasteiger partial charge is 0.207 e. The van der Waals surface area contributed by atoms with Crippen LogP contribution in [0.2, 0.25) is 0 Å². The van der Waals surface area contributed by atoms with Crippen molar-refractivity contribution < 1.29 is 4.39 Å². The van der Waals surface area contributed by atoms with Gasteiger partial charge in [-0.05, 0) is 48.6 Å². The zero-order chi connectivity index (χ0) is 16.6. The summed E-state index contributed by atoms with van der Waals surface area (Å²) in [7, 11) is 0. The summed E-state index contributed by atoms with van der Waals surface area (Å²) in [5.41, 5.74) is 0.906. The minimum absolute atomic E-state index is 0.199. The first-order valence-corrected chi connectivity index (χ1v) is 10.3. The predicted octanol–water partition coefficient (Wildman–Crippen LogP) is 6.83. The summed E-state index contributed by atoms with van der Waals surface area (Å²) in [6.45, 7) is 2.24. The van der Waals surface area contributed by atoms with Crippen LogP contribution in [-0.2, 0) is 0 Å². The Kier molecular flexibility index (Phi) is 12.8. The van der Waals surface area contributed by atoms with Crippen molar-refractivity contribution >= 4 is 11.8 Å². The van der Waals surface area contributed by atoms with Gasteiger partial charge in [0.05, 0.1) is 0 Å². The van der Waals surface area contributed by atoms with Gasteiger partial charge in [0, 0.05) is 12.0 Å². The molecule has 0 amide bonds. The summed E-state index contributed by atoms with van der Waals surface area (Å²) in [6.07, 6.45) is 13.1. The molecule has 0 fully saturated rings. The Balaban J connectivity index is 1.86. The second kappa shape index (κ2) is 14.6. The van der Waals surface area contributed by atoms with Gasteiger partial charge < -0.3 is 0 Å². The first-order valence-electron chi connectivity index (χ1n) is 9.15. The summed E-state index contributed by atoms with van der Waals surface area (Å²) in [5.74, 6) is 8.68. The Hall–Kier alpha value is -0.940. The second-order valence-corrected chi connectivity index (χ2v) is 7.33. The molecule has 1 aromatic rings. The summed E-state index contributed by atoms with van der Waals surface area (Å²) < 4.78 is 12.7. The van der Waals surface area contributed by atoms with E-state index in [2.05, 4.69) is 30.5 Å². The molecule has 0 radical (unpaired) electrons. The fourth-order valence-corrected chi connectivity index (χ4v) is 3.19. The van der Waals surface area contributed by atoms with E-state index in [-0.39, 0.29) is 5.82 Å². The zero-order valence-electron chi connectivity index (χ0n) is 14.6. The van der Waals surface area contributed by atoms with Gasteiger partial charge in [0.15, 0.2) is 0 Å². The van der Waals surface area contributed by atoms with Crippen molar-refractivity contribution in [1.82, 2.24) is 0 Å². The summed E-state index contributed by atoms with van der Waals surface area (Å²) in [6, 6.07) is 6.41. The molecule has 0 spiro atoms. The number of halogens is 1. The highest BCUT2D eigenvalue weighted by Gasteiger charge is 1.93. The molecule has 0 aliphatic carbocycles. The summed E-state index contributed by atoms with van der Waals surface area (Å²) in [4.78, 5) is 0. The van der Waals surface area contributed by atoms with Crippen LogP contribution in [0.4, 0.5) is 4.39 Å². The van der Waals surface area contributed by atoms with E-state index >= 15 is 0 Å². The van der Waals surface area contributed by atoms with Gasteiger partial charge in [0.2, 0.25) is 0 Å². The van der Waals surface area contributed by atoms with E-state index in [0.717, 1.165) is 12.0 Å². The van der Waals surface area contributed by atoms with Crippen molar-refractivity contribution in [3.05, 3.63) is 35.6 Å². The maximum absolute atomic E-state index is 12.7. The van der Waals surface area contributed by atoms with Crippen LogP contribution in [0, 0.1) is 17.7 Å². The average Bonchev–Trinajstić information content (AvgIpc) is 2.57. The molecule has 0 heterocycles. The molecule has 0 saturated heterocycles. The monoisotopic (exact) mass is 334 g/mol. The molecule has 0 unspecified atom stereocenters. The van der Waals surface area contributed by atoms with Crippen LogP contribution in [0.15, 0.2) is 24.3 Å². The van der Waals surface area contributed by atoms with E-state index in [1.54, 1.807) is 12.1 Å². The highest BCUT2D eigenvalue weighted by atomic mass is 32.2. The number of hydrogen-bond donors (Lipinski definition) is 0. The lowest BCUT2D eigenvalue weighted by atomic mass is 10.1. The molecule has 1 rings (SSSR count). The van der Waals surface area contributed by atoms with Crippen molar-refractivity contribution in [2.75, 3.05) is 11.5 Å². The molecule has 0 bridgehead atoms. The number of unbranched alkanes of at least 4 members (excludes halogenated alkanes) is 9. The van der Waals surface area contributed by atoms with Gasteiger partial charge in [0.25, 0.3) is 0 Å². The van der Waals surface area contributed by atoms with Gasteiger partial charge in [0.1, 0.15) is 5.82 Å². The van der Waals surface area contributed by atoms with Crippen LogP contribution in [0.3, 0.4) is 0 Å². The van der Waals surface area contributed by atoms with Crippen molar-refractivity contribution in [3.63, 3.8) is 0 Å². The van der Waals surface area contributed by atoms with Crippen molar-refractivity contribution in [2.24, 2.45) is 0 Å². The fourth-order valence-electron chi connectivity index (χ4n) is 2.50. The summed E-state index contributed by atoms with van der Waals surface area (Å²) in [5, 5.41) is 0. The van der Waals surface area contributed by atoms with Crippen LogP contribution in [0.1, 0.15) is 76.7 Å². The van der Waals surface area contributed by atoms with Crippen molar-refractivity contribution in [2.45, 2.75) is 71.1 Å². The Labute approximate surface area is 146 Å². The quantitative estimate of drug-likeness (QED) is 0.298. The van der Waals surface area contributed by atoms with Gasteiger partial charge in [-0.25, -0.2) is 4.39 Å². The van der Waals surface area contributed by atoms with E-state index in [9.17, 15) is 4.39 Å². The third kappa shape index (κ3) is 12.2. The van der Waals surface area contributed by atoms with E-state index in [1.807, 2.05) is 0 Å². The third-order valence-corrected chi connectivity index (χ3v) is 4.86. The lowest BCUT2D eigenvalue weighted by molar-refractivity contribution is 0.568. The smallest absolute Gasteiger partial charge is 0.123 e. The molecular weight excluding hydrogens is 303 g/mol. The number of hydrogen-bond acceptors (Lipinski definition) is 1. The van der Waals surface area contributed by atoms with E-state index in [1.165, 1.54) is 81.4 Å².